The fraction of sp³-hybridized carbons (Fsp3) is 0.400. The second kappa shape index (κ2) is 3.84. The summed E-state index contributed by atoms with van der Waals surface area (Å²) in [5.74, 6) is -1.44. The molecule has 0 saturated carbocycles. The fourth-order valence-corrected chi connectivity index (χ4v) is 0.929. The van der Waals surface area contributed by atoms with Crippen LogP contribution >= 0.6 is 0 Å². The first-order valence-electron chi connectivity index (χ1n) is 4.44. The van der Waals surface area contributed by atoms with Crippen molar-refractivity contribution in [3.05, 3.63) is 23.6 Å². The Bertz CT molecular complexity index is 385. The maximum atomic E-state index is 13.3. The van der Waals surface area contributed by atoms with Crippen LogP contribution in [0.3, 0.4) is 0 Å². The van der Waals surface area contributed by atoms with Crippen LogP contribution in [0.4, 0.5) is 10.2 Å². The average Bonchev–Trinajstić information content (AvgIpc) is 1.99. The minimum absolute atomic E-state index is 0.0276. The van der Waals surface area contributed by atoms with Crippen LogP contribution in [-0.2, 0) is 4.74 Å². The third kappa shape index (κ3) is 3.19. The summed E-state index contributed by atoms with van der Waals surface area (Å²) in [6.45, 7) is 5.11. The molecular formula is C10H13FN2O2. The van der Waals surface area contributed by atoms with Crippen molar-refractivity contribution in [2.24, 2.45) is 0 Å². The van der Waals surface area contributed by atoms with Crippen molar-refractivity contribution >= 4 is 11.8 Å². The molecule has 4 nitrogen and oxygen atoms in total. The van der Waals surface area contributed by atoms with Crippen LogP contribution < -0.4 is 5.73 Å². The number of anilines is 1. The maximum absolute atomic E-state index is 13.3. The molecule has 0 atom stereocenters. The molecule has 0 bridgehead atoms. The van der Waals surface area contributed by atoms with Gasteiger partial charge in [0, 0.05) is 12.3 Å². The van der Waals surface area contributed by atoms with Gasteiger partial charge in [0.25, 0.3) is 0 Å². The van der Waals surface area contributed by atoms with Crippen LogP contribution in [0.15, 0.2) is 12.3 Å². The standard InChI is InChI=1S/C10H13FN2O2/c1-10(2,3)15-9(14)6-5-13-8(12)4-7(6)11/h4-5H,1-3H3,(H2,12,13). The molecular weight excluding hydrogens is 199 g/mol. The Balaban J connectivity index is 2.92. The van der Waals surface area contributed by atoms with Crippen molar-refractivity contribution in [3.8, 4) is 0 Å². The zero-order valence-electron chi connectivity index (χ0n) is 8.87. The van der Waals surface area contributed by atoms with Gasteiger partial charge in [0.2, 0.25) is 0 Å². The summed E-state index contributed by atoms with van der Waals surface area (Å²) >= 11 is 0. The zero-order chi connectivity index (χ0) is 11.6. The van der Waals surface area contributed by atoms with Crippen molar-refractivity contribution in [3.63, 3.8) is 0 Å². The number of hydrogen-bond acceptors (Lipinski definition) is 4. The molecule has 1 aromatic heterocycles. The van der Waals surface area contributed by atoms with Gasteiger partial charge in [-0.2, -0.15) is 0 Å². The summed E-state index contributed by atoms with van der Waals surface area (Å²) in [4.78, 5) is 15.1. The maximum Gasteiger partial charge on any atom is 0.343 e. The molecule has 1 aromatic rings. The smallest absolute Gasteiger partial charge is 0.343 e. The fourth-order valence-electron chi connectivity index (χ4n) is 0.929. The Morgan fingerprint density at radius 1 is 1.53 bits per heavy atom. The van der Waals surface area contributed by atoms with Gasteiger partial charge in [-0.3, -0.25) is 0 Å². The van der Waals surface area contributed by atoms with Gasteiger partial charge in [0.1, 0.15) is 22.8 Å². The number of pyridine rings is 1. The van der Waals surface area contributed by atoms with E-state index in [1.165, 1.54) is 0 Å². The Hall–Kier alpha value is -1.65. The second-order valence-electron chi connectivity index (χ2n) is 4.09. The monoisotopic (exact) mass is 212 g/mol. The van der Waals surface area contributed by atoms with E-state index >= 15 is 0 Å². The molecule has 0 amide bonds. The highest BCUT2D eigenvalue weighted by Crippen LogP contribution is 2.15. The summed E-state index contributed by atoms with van der Waals surface area (Å²) in [5.41, 5.74) is 4.38. The highest BCUT2D eigenvalue weighted by molar-refractivity contribution is 5.89. The lowest BCUT2D eigenvalue weighted by Gasteiger charge is -2.19. The first kappa shape index (κ1) is 11.4. The Morgan fingerprint density at radius 3 is 2.60 bits per heavy atom. The molecule has 15 heavy (non-hydrogen) atoms. The van der Waals surface area contributed by atoms with Gasteiger partial charge in [0.05, 0.1) is 0 Å². The first-order chi connectivity index (χ1) is 6.79. The summed E-state index contributed by atoms with van der Waals surface area (Å²) < 4.78 is 18.2. The number of halogens is 1. The number of carbonyl (C=O) groups is 1. The molecule has 0 aliphatic rings. The molecule has 0 aliphatic heterocycles. The number of hydrogen-bond donors (Lipinski definition) is 1. The van der Waals surface area contributed by atoms with Crippen LogP contribution in [-0.4, -0.2) is 16.6 Å². The van der Waals surface area contributed by atoms with Gasteiger partial charge in [-0.05, 0) is 20.8 Å². The van der Waals surface area contributed by atoms with E-state index in [0.29, 0.717) is 0 Å². The first-order valence-corrected chi connectivity index (χ1v) is 4.44. The molecule has 1 rings (SSSR count). The number of esters is 1. The topological polar surface area (TPSA) is 65.2 Å². The van der Waals surface area contributed by atoms with Crippen molar-refractivity contribution in [1.82, 2.24) is 4.98 Å². The SMILES string of the molecule is CC(C)(C)OC(=O)c1cnc(N)cc1F. The number of nitrogen functional groups attached to an aromatic ring is 1. The van der Waals surface area contributed by atoms with Crippen molar-refractivity contribution in [2.75, 3.05) is 5.73 Å². The Morgan fingerprint density at radius 2 is 2.13 bits per heavy atom. The highest BCUT2D eigenvalue weighted by Gasteiger charge is 2.20. The number of ether oxygens (including phenoxy) is 1. The summed E-state index contributed by atoms with van der Waals surface area (Å²) in [5, 5.41) is 0. The second-order valence-corrected chi connectivity index (χ2v) is 4.09. The van der Waals surface area contributed by atoms with E-state index in [9.17, 15) is 9.18 Å². The van der Waals surface area contributed by atoms with Gasteiger partial charge in [-0.1, -0.05) is 0 Å². The number of carbonyl (C=O) groups excluding carboxylic acids is 1. The van der Waals surface area contributed by atoms with Gasteiger partial charge >= 0.3 is 5.97 Å². The van der Waals surface area contributed by atoms with E-state index in [1.54, 1.807) is 20.8 Å². The number of aromatic nitrogens is 1. The predicted molar refractivity (Wildman–Crippen MR) is 53.8 cm³/mol. The third-order valence-corrected chi connectivity index (χ3v) is 1.49. The predicted octanol–water partition coefficient (Wildman–Crippen LogP) is 1.76. The van der Waals surface area contributed by atoms with E-state index in [0.717, 1.165) is 12.3 Å². The van der Waals surface area contributed by atoms with Gasteiger partial charge in [-0.25, -0.2) is 14.2 Å². The largest absolute Gasteiger partial charge is 0.456 e. The quantitative estimate of drug-likeness (QED) is 0.720. The molecule has 82 valence electrons. The average molecular weight is 212 g/mol. The number of rotatable bonds is 1. The molecule has 2 N–H and O–H groups in total. The van der Waals surface area contributed by atoms with E-state index in [4.69, 9.17) is 10.5 Å². The molecule has 0 radical (unpaired) electrons. The number of nitrogens with two attached hydrogens (primary N) is 1. The lowest BCUT2D eigenvalue weighted by atomic mass is 10.2. The molecule has 0 fully saturated rings. The summed E-state index contributed by atoms with van der Waals surface area (Å²) in [6.07, 6.45) is 1.07. The minimum atomic E-state index is -0.743. The molecule has 0 unspecified atom stereocenters. The van der Waals surface area contributed by atoms with Crippen molar-refractivity contribution in [2.45, 2.75) is 26.4 Å². The van der Waals surface area contributed by atoms with Gasteiger partial charge in [0.15, 0.2) is 0 Å². The van der Waals surface area contributed by atoms with Gasteiger partial charge in [-0.15, -0.1) is 0 Å². The summed E-state index contributed by atoms with van der Waals surface area (Å²) in [6, 6.07) is 0.985. The lowest BCUT2D eigenvalue weighted by Crippen LogP contribution is -2.24. The van der Waals surface area contributed by atoms with E-state index in [2.05, 4.69) is 4.98 Å². The summed E-state index contributed by atoms with van der Waals surface area (Å²) in [7, 11) is 0. The highest BCUT2D eigenvalue weighted by atomic mass is 19.1. The van der Waals surface area contributed by atoms with Crippen molar-refractivity contribution < 1.29 is 13.9 Å². The Kier molecular flexibility index (Phi) is 2.93. The van der Waals surface area contributed by atoms with Crippen molar-refractivity contribution in [1.29, 1.82) is 0 Å². The van der Waals surface area contributed by atoms with Crippen LogP contribution in [0.2, 0.25) is 0 Å². The molecule has 0 aromatic carbocycles. The Labute approximate surface area is 87.3 Å². The van der Waals surface area contributed by atoms with E-state index < -0.39 is 17.4 Å². The molecule has 1 heterocycles. The van der Waals surface area contributed by atoms with Crippen LogP contribution in [0.1, 0.15) is 31.1 Å². The minimum Gasteiger partial charge on any atom is -0.456 e. The van der Waals surface area contributed by atoms with Crippen LogP contribution in [0, 0.1) is 5.82 Å². The normalized spacial score (nSPS) is 11.2. The molecule has 0 saturated heterocycles. The molecule has 5 heteroatoms. The van der Waals surface area contributed by atoms with Crippen LogP contribution in [0.5, 0.6) is 0 Å². The molecule has 0 aliphatic carbocycles. The number of nitrogens with zero attached hydrogens (tertiary/aromatic N) is 1. The van der Waals surface area contributed by atoms with Crippen LogP contribution in [0.25, 0.3) is 0 Å². The van der Waals surface area contributed by atoms with Gasteiger partial charge < -0.3 is 10.5 Å². The van der Waals surface area contributed by atoms with E-state index in [1.807, 2.05) is 0 Å². The third-order valence-electron chi connectivity index (χ3n) is 1.49. The zero-order valence-corrected chi connectivity index (χ0v) is 8.87. The molecule has 0 spiro atoms. The van der Waals surface area contributed by atoms with E-state index in [-0.39, 0.29) is 11.4 Å². The lowest BCUT2D eigenvalue weighted by molar-refractivity contribution is 0.00643.